The highest BCUT2D eigenvalue weighted by atomic mass is 19.4. The van der Waals surface area contributed by atoms with Crippen molar-refractivity contribution in [2.45, 2.75) is 25.6 Å². The van der Waals surface area contributed by atoms with Gasteiger partial charge in [0.1, 0.15) is 0 Å². The van der Waals surface area contributed by atoms with Gasteiger partial charge >= 0.3 is 12.1 Å². The molecule has 8 heteroatoms. The number of cyclic esters (lactones) is 1. The zero-order valence-electron chi connectivity index (χ0n) is 12.8. The molecule has 0 N–H and O–H groups in total. The van der Waals surface area contributed by atoms with E-state index in [-0.39, 0.29) is 28.2 Å². The molecule has 4 nitrogen and oxygen atoms in total. The average molecular weight is 334 g/mol. The normalized spacial score (nSPS) is 21.5. The lowest BCUT2D eigenvalue weighted by Crippen LogP contribution is -2.43. The van der Waals surface area contributed by atoms with E-state index in [9.17, 15) is 22.4 Å². The van der Waals surface area contributed by atoms with Crippen molar-refractivity contribution in [3.8, 4) is 11.5 Å². The number of carbonyl (C=O) groups excluding carboxylic acids is 1. The van der Waals surface area contributed by atoms with Gasteiger partial charge in [-0.25, -0.2) is 4.79 Å². The third-order valence-corrected chi connectivity index (χ3v) is 3.89. The number of ether oxygens (including phenoxy) is 3. The van der Waals surface area contributed by atoms with E-state index in [1.54, 1.807) is 0 Å². The molecule has 0 aliphatic carbocycles. The standard InChI is InChI=1S/C15H14F4O4/c1-7-10(13(20)23-14(7,2)15(17,18)19)8-5-6-9(21-3)11(16)12(8)22-4/h5-6H,1-4H3/t14-/m1/s1. The molecule has 0 radical (unpaired) electrons. The molecule has 23 heavy (non-hydrogen) atoms. The van der Waals surface area contributed by atoms with Crippen molar-refractivity contribution in [2.24, 2.45) is 0 Å². The number of alkyl halides is 3. The van der Waals surface area contributed by atoms with Gasteiger partial charge in [0.25, 0.3) is 0 Å². The zero-order valence-corrected chi connectivity index (χ0v) is 12.8. The molecule has 0 amide bonds. The average Bonchev–Trinajstić information content (AvgIpc) is 2.69. The summed E-state index contributed by atoms with van der Waals surface area (Å²) >= 11 is 0. The maximum absolute atomic E-state index is 14.2. The minimum absolute atomic E-state index is 0.124. The highest BCUT2D eigenvalue weighted by Crippen LogP contribution is 2.49. The second-order valence-electron chi connectivity index (χ2n) is 5.08. The molecule has 0 spiro atoms. The molecule has 2 rings (SSSR count). The van der Waals surface area contributed by atoms with Crippen LogP contribution < -0.4 is 9.47 Å². The number of benzene rings is 1. The predicted octanol–water partition coefficient (Wildman–Crippen LogP) is 3.49. The van der Waals surface area contributed by atoms with Crippen LogP contribution in [0.3, 0.4) is 0 Å². The summed E-state index contributed by atoms with van der Waals surface area (Å²) in [4.78, 5) is 12.0. The van der Waals surface area contributed by atoms with Gasteiger partial charge in [0.05, 0.1) is 19.8 Å². The van der Waals surface area contributed by atoms with Crippen LogP contribution in [0.4, 0.5) is 17.6 Å². The van der Waals surface area contributed by atoms with Crippen molar-refractivity contribution in [3.63, 3.8) is 0 Å². The summed E-state index contributed by atoms with van der Waals surface area (Å²) in [5, 5.41) is 0. The fraction of sp³-hybridized carbons (Fsp3) is 0.400. The highest BCUT2D eigenvalue weighted by molar-refractivity contribution is 6.21. The van der Waals surface area contributed by atoms with Gasteiger partial charge in [-0.3, -0.25) is 0 Å². The molecule has 0 aromatic heterocycles. The highest BCUT2D eigenvalue weighted by Gasteiger charge is 2.60. The maximum atomic E-state index is 14.2. The van der Waals surface area contributed by atoms with Crippen LogP contribution in [0.25, 0.3) is 5.57 Å². The van der Waals surface area contributed by atoms with Crippen LogP contribution in [0.5, 0.6) is 11.5 Å². The fourth-order valence-electron chi connectivity index (χ4n) is 2.38. The summed E-state index contributed by atoms with van der Waals surface area (Å²) < 4.78 is 68.1. The molecule has 0 fully saturated rings. The van der Waals surface area contributed by atoms with Crippen molar-refractivity contribution in [1.29, 1.82) is 0 Å². The lowest BCUT2D eigenvalue weighted by Gasteiger charge is -2.27. The molecule has 1 aromatic carbocycles. The summed E-state index contributed by atoms with van der Waals surface area (Å²) in [6, 6.07) is 2.45. The van der Waals surface area contributed by atoms with Crippen LogP contribution in [0.15, 0.2) is 17.7 Å². The van der Waals surface area contributed by atoms with Crippen LogP contribution in [-0.2, 0) is 9.53 Å². The van der Waals surface area contributed by atoms with Crippen molar-refractivity contribution < 1.29 is 36.6 Å². The van der Waals surface area contributed by atoms with E-state index in [2.05, 4.69) is 4.74 Å². The third kappa shape index (κ3) is 2.42. The predicted molar refractivity (Wildman–Crippen MR) is 72.7 cm³/mol. The van der Waals surface area contributed by atoms with E-state index in [0.717, 1.165) is 21.0 Å². The lowest BCUT2D eigenvalue weighted by molar-refractivity contribution is -0.242. The summed E-state index contributed by atoms with van der Waals surface area (Å²) in [6.07, 6.45) is -4.80. The molecule has 0 unspecified atom stereocenters. The quantitative estimate of drug-likeness (QED) is 0.627. The topological polar surface area (TPSA) is 44.8 Å². The Morgan fingerprint density at radius 2 is 1.78 bits per heavy atom. The Balaban J connectivity index is 2.71. The second-order valence-corrected chi connectivity index (χ2v) is 5.08. The van der Waals surface area contributed by atoms with Crippen LogP contribution in [-0.4, -0.2) is 32.0 Å². The van der Waals surface area contributed by atoms with Crippen LogP contribution in [0.1, 0.15) is 19.4 Å². The molecule has 1 aliphatic rings. The zero-order chi connectivity index (χ0) is 17.6. The number of carbonyl (C=O) groups is 1. The smallest absolute Gasteiger partial charge is 0.432 e. The molecule has 0 saturated carbocycles. The van der Waals surface area contributed by atoms with E-state index < -0.39 is 23.6 Å². The van der Waals surface area contributed by atoms with Gasteiger partial charge in [-0.05, 0) is 31.6 Å². The largest absolute Gasteiger partial charge is 0.494 e. The van der Waals surface area contributed by atoms with Gasteiger partial charge in [-0.1, -0.05) is 0 Å². The van der Waals surface area contributed by atoms with Gasteiger partial charge in [0.15, 0.2) is 11.5 Å². The lowest BCUT2D eigenvalue weighted by atomic mass is 9.91. The van der Waals surface area contributed by atoms with Crippen LogP contribution >= 0.6 is 0 Å². The van der Waals surface area contributed by atoms with E-state index in [1.165, 1.54) is 19.2 Å². The number of rotatable bonds is 3. The molecule has 0 saturated heterocycles. The van der Waals surface area contributed by atoms with Gasteiger partial charge in [-0.15, -0.1) is 0 Å². The Bertz CT molecular complexity index is 693. The van der Waals surface area contributed by atoms with Gasteiger partial charge < -0.3 is 14.2 Å². The maximum Gasteiger partial charge on any atom is 0.432 e. The van der Waals surface area contributed by atoms with Crippen molar-refractivity contribution in [1.82, 2.24) is 0 Å². The summed E-state index contributed by atoms with van der Waals surface area (Å²) in [7, 11) is 2.37. The number of methoxy groups -OCH3 is 2. The summed E-state index contributed by atoms with van der Waals surface area (Å²) in [5.41, 5.74) is -3.62. The van der Waals surface area contributed by atoms with Crippen LogP contribution in [0.2, 0.25) is 0 Å². The Kier molecular flexibility index (Phi) is 4.04. The number of hydrogen-bond donors (Lipinski definition) is 0. The summed E-state index contributed by atoms with van der Waals surface area (Å²) in [6.45, 7) is 1.87. The Hall–Kier alpha value is -2.25. The van der Waals surface area contributed by atoms with E-state index >= 15 is 0 Å². The number of hydrogen-bond acceptors (Lipinski definition) is 4. The van der Waals surface area contributed by atoms with E-state index in [0.29, 0.717) is 0 Å². The number of esters is 1. The van der Waals surface area contributed by atoms with Crippen molar-refractivity contribution in [3.05, 3.63) is 29.1 Å². The molecule has 126 valence electrons. The minimum Gasteiger partial charge on any atom is -0.494 e. The summed E-state index contributed by atoms with van der Waals surface area (Å²) in [5.74, 6) is -2.65. The van der Waals surface area contributed by atoms with Gasteiger partial charge in [0, 0.05) is 5.56 Å². The first kappa shape index (κ1) is 17.1. The Morgan fingerprint density at radius 3 is 2.22 bits per heavy atom. The first-order chi connectivity index (χ1) is 10.6. The Labute approximate surface area is 129 Å². The van der Waals surface area contributed by atoms with Crippen LogP contribution in [0, 0.1) is 5.82 Å². The second kappa shape index (κ2) is 5.43. The number of halogens is 4. The molecule has 1 aromatic rings. The molecular weight excluding hydrogens is 320 g/mol. The van der Waals surface area contributed by atoms with Gasteiger partial charge in [0.2, 0.25) is 11.4 Å². The fourth-order valence-corrected chi connectivity index (χ4v) is 2.38. The Morgan fingerprint density at radius 1 is 1.17 bits per heavy atom. The van der Waals surface area contributed by atoms with E-state index in [1.807, 2.05) is 0 Å². The SMILES string of the molecule is COc1ccc(C2=C(C)[C@](C)(C(F)(F)F)OC2=O)c(OC)c1F. The first-order valence-electron chi connectivity index (χ1n) is 6.50. The monoisotopic (exact) mass is 334 g/mol. The first-order valence-corrected chi connectivity index (χ1v) is 6.50. The van der Waals surface area contributed by atoms with Gasteiger partial charge in [-0.2, -0.15) is 17.6 Å². The van der Waals surface area contributed by atoms with Crippen molar-refractivity contribution >= 4 is 11.5 Å². The molecular formula is C15H14F4O4. The molecule has 1 aliphatic heterocycles. The van der Waals surface area contributed by atoms with Crippen molar-refractivity contribution in [2.75, 3.05) is 14.2 Å². The third-order valence-electron chi connectivity index (χ3n) is 3.89. The molecule has 1 heterocycles. The molecule has 0 bridgehead atoms. The molecule has 1 atom stereocenters. The minimum atomic E-state index is -4.80. The van der Waals surface area contributed by atoms with E-state index in [4.69, 9.17) is 9.47 Å².